The minimum atomic E-state index is -5.08. The van der Waals surface area contributed by atoms with Crippen LogP contribution in [0.4, 0.5) is 13.2 Å². The van der Waals surface area contributed by atoms with E-state index in [0.29, 0.717) is 39.5 Å². The smallest absolute Gasteiger partial charge is 0.475 e. The predicted molar refractivity (Wildman–Crippen MR) is 110 cm³/mol. The van der Waals surface area contributed by atoms with Crippen molar-refractivity contribution in [3.63, 3.8) is 0 Å². The summed E-state index contributed by atoms with van der Waals surface area (Å²) in [6.07, 6.45) is -1.73. The first-order chi connectivity index (χ1) is 16.2. The molecule has 0 bridgehead atoms. The van der Waals surface area contributed by atoms with Crippen molar-refractivity contribution in [1.29, 1.82) is 0 Å². The highest BCUT2D eigenvalue weighted by atomic mass is 19.4. The predicted octanol–water partition coefficient (Wildman–Crippen LogP) is 1.91. The average molecular weight is 485 g/mol. The molecule has 186 valence electrons. The largest absolute Gasteiger partial charge is 0.490 e. The van der Waals surface area contributed by atoms with Gasteiger partial charge in [-0.3, -0.25) is 14.5 Å². The van der Waals surface area contributed by atoms with Crippen molar-refractivity contribution in [1.82, 2.24) is 24.9 Å². The van der Waals surface area contributed by atoms with Crippen molar-refractivity contribution in [3.8, 4) is 0 Å². The van der Waals surface area contributed by atoms with Crippen LogP contribution < -0.4 is 0 Å². The summed E-state index contributed by atoms with van der Waals surface area (Å²) >= 11 is 0. The minimum Gasteiger partial charge on any atom is -0.475 e. The van der Waals surface area contributed by atoms with Gasteiger partial charge in [0.05, 0.1) is 31.1 Å². The number of amides is 1. The van der Waals surface area contributed by atoms with Crippen LogP contribution in [-0.2, 0) is 39.3 Å². The number of hydrogen-bond acceptors (Lipinski definition) is 7. The van der Waals surface area contributed by atoms with Crippen molar-refractivity contribution in [2.45, 2.75) is 38.1 Å². The maximum atomic E-state index is 13.0. The van der Waals surface area contributed by atoms with Gasteiger partial charge in [0.25, 0.3) is 0 Å². The molecule has 13 heteroatoms. The number of halogens is 3. The van der Waals surface area contributed by atoms with Gasteiger partial charge in [-0.15, -0.1) is 5.10 Å². The number of hydrogen-bond donors (Lipinski definition) is 1. The fourth-order valence-corrected chi connectivity index (χ4v) is 3.91. The Hall–Kier alpha value is -3.06. The summed E-state index contributed by atoms with van der Waals surface area (Å²) in [5.74, 6) is -2.45. The molecule has 1 amide bonds. The molecule has 0 radical (unpaired) electrons. The highest BCUT2D eigenvalue weighted by Crippen LogP contribution is 2.29. The Morgan fingerprint density at radius 1 is 1.26 bits per heavy atom. The molecule has 0 aromatic carbocycles. The van der Waals surface area contributed by atoms with Gasteiger partial charge in [-0.2, -0.15) is 13.2 Å². The van der Waals surface area contributed by atoms with Crippen molar-refractivity contribution in [2.75, 3.05) is 26.4 Å². The first-order valence-electron chi connectivity index (χ1n) is 10.7. The maximum Gasteiger partial charge on any atom is 0.490 e. The van der Waals surface area contributed by atoms with Gasteiger partial charge in [-0.25, -0.2) is 4.79 Å². The van der Waals surface area contributed by atoms with Crippen LogP contribution in [0.3, 0.4) is 0 Å². The molecule has 0 saturated carbocycles. The number of carbonyl (C=O) groups excluding carboxylic acids is 1. The number of ether oxygens (including phenoxy) is 2. The molecule has 10 nitrogen and oxygen atoms in total. The van der Waals surface area contributed by atoms with E-state index in [2.05, 4.69) is 15.3 Å². The van der Waals surface area contributed by atoms with Gasteiger partial charge in [-0.1, -0.05) is 11.3 Å². The molecule has 0 aliphatic carbocycles. The number of alkyl halides is 3. The van der Waals surface area contributed by atoms with Crippen LogP contribution in [0.1, 0.15) is 35.8 Å². The van der Waals surface area contributed by atoms with Gasteiger partial charge in [0, 0.05) is 44.8 Å². The van der Waals surface area contributed by atoms with E-state index in [1.165, 1.54) is 0 Å². The van der Waals surface area contributed by atoms with Gasteiger partial charge >= 0.3 is 12.1 Å². The number of nitrogens with zero attached hydrogens (tertiary/aromatic N) is 5. The topological polar surface area (TPSA) is 120 Å². The Kier molecular flexibility index (Phi) is 8.56. The van der Waals surface area contributed by atoms with Crippen LogP contribution in [-0.4, -0.2) is 74.4 Å². The second-order valence-corrected chi connectivity index (χ2v) is 7.99. The number of aryl methyl sites for hydroxylation is 1. The average Bonchev–Trinajstić information content (AvgIpc) is 3.20. The Bertz CT molecular complexity index is 963. The zero-order chi connectivity index (χ0) is 24.7. The van der Waals surface area contributed by atoms with Crippen molar-refractivity contribution >= 4 is 11.9 Å². The summed E-state index contributed by atoms with van der Waals surface area (Å²) in [5.41, 5.74) is 2.83. The summed E-state index contributed by atoms with van der Waals surface area (Å²) in [7, 11) is 1.90. The molecule has 2 aromatic rings. The second-order valence-electron chi connectivity index (χ2n) is 7.99. The molecule has 0 spiro atoms. The monoisotopic (exact) mass is 485 g/mol. The maximum absolute atomic E-state index is 13.0. The van der Waals surface area contributed by atoms with Crippen LogP contribution in [0.5, 0.6) is 0 Å². The van der Waals surface area contributed by atoms with Gasteiger partial charge < -0.3 is 19.5 Å². The van der Waals surface area contributed by atoms with E-state index in [1.54, 1.807) is 10.9 Å². The van der Waals surface area contributed by atoms with E-state index in [-0.39, 0.29) is 17.7 Å². The molecule has 1 saturated heterocycles. The van der Waals surface area contributed by atoms with Gasteiger partial charge in [0.2, 0.25) is 5.91 Å². The summed E-state index contributed by atoms with van der Waals surface area (Å²) in [4.78, 5) is 28.1. The fourth-order valence-electron chi connectivity index (χ4n) is 3.91. The molecule has 2 aliphatic rings. The first kappa shape index (κ1) is 25.6. The number of fused-ring (bicyclic) bond motifs is 1. The number of rotatable bonds is 5. The molecule has 1 atom stereocenters. The van der Waals surface area contributed by atoms with Crippen LogP contribution in [0.25, 0.3) is 0 Å². The highest BCUT2D eigenvalue weighted by molar-refractivity contribution is 5.79. The third kappa shape index (κ3) is 6.73. The van der Waals surface area contributed by atoms with Crippen molar-refractivity contribution < 1.29 is 37.3 Å². The second kappa shape index (κ2) is 11.4. The zero-order valence-electron chi connectivity index (χ0n) is 18.6. The van der Waals surface area contributed by atoms with Gasteiger partial charge in [0.15, 0.2) is 0 Å². The van der Waals surface area contributed by atoms with E-state index in [0.717, 1.165) is 29.9 Å². The Balaban J connectivity index is 0.000000406. The number of carboxylic acids is 1. The molecular weight excluding hydrogens is 459 g/mol. The minimum absolute atomic E-state index is 0.0482. The lowest BCUT2D eigenvalue weighted by atomic mass is 9.94. The van der Waals surface area contributed by atoms with Crippen LogP contribution in [0, 0.1) is 5.92 Å². The Morgan fingerprint density at radius 3 is 2.59 bits per heavy atom. The van der Waals surface area contributed by atoms with Gasteiger partial charge in [0.1, 0.15) is 5.69 Å². The van der Waals surface area contributed by atoms with Crippen LogP contribution in [0.15, 0.2) is 24.4 Å². The molecule has 4 heterocycles. The number of carboxylic acid groups (broad SMARTS) is 1. The summed E-state index contributed by atoms with van der Waals surface area (Å²) in [6, 6.07) is 5.78. The number of carbonyl (C=O) groups is 2. The van der Waals surface area contributed by atoms with Gasteiger partial charge in [-0.05, 0) is 25.0 Å². The lowest BCUT2D eigenvalue weighted by Crippen LogP contribution is -2.44. The molecule has 4 rings (SSSR count). The lowest BCUT2D eigenvalue weighted by Gasteiger charge is -2.35. The van der Waals surface area contributed by atoms with Crippen molar-refractivity contribution in [3.05, 3.63) is 41.5 Å². The summed E-state index contributed by atoms with van der Waals surface area (Å²) < 4.78 is 44.9. The fraction of sp³-hybridized carbons (Fsp3) is 0.571. The zero-order valence-corrected chi connectivity index (χ0v) is 18.6. The van der Waals surface area contributed by atoms with Crippen LogP contribution in [0.2, 0.25) is 0 Å². The number of pyridine rings is 1. The molecule has 1 fully saturated rings. The van der Waals surface area contributed by atoms with E-state index < -0.39 is 12.1 Å². The molecular formula is C21H26F3N5O5. The first-order valence-corrected chi connectivity index (χ1v) is 10.7. The highest BCUT2D eigenvalue weighted by Gasteiger charge is 2.38. The normalized spacial score (nSPS) is 18.6. The van der Waals surface area contributed by atoms with E-state index in [1.807, 2.05) is 30.1 Å². The Labute approximate surface area is 193 Å². The van der Waals surface area contributed by atoms with Crippen LogP contribution >= 0.6 is 0 Å². The van der Waals surface area contributed by atoms with E-state index >= 15 is 0 Å². The standard InChI is InChI=1S/C19H25N5O3.C2HF3O2/c1-23-18-15(12-27-13-16-4-2-3-7-20-16)10-24(11-17(18)21-22-23)19(25)14-5-8-26-9-6-14;3-2(4,5)1(6)7/h2-4,7,14-15H,5-6,8-13H2,1H3;(H,6,7). The molecule has 1 unspecified atom stereocenters. The van der Waals surface area contributed by atoms with E-state index in [9.17, 15) is 18.0 Å². The summed E-state index contributed by atoms with van der Waals surface area (Å²) in [6.45, 7) is 3.44. The molecule has 34 heavy (non-hydrogen) atoms. The van der Waals surface area contributed by atoms with E-state index in [4.69, 9.17) is 19.4 Å². The number of aliphatic carboxylic acids is 1. The molecule has 2 aliphatic heterocycles. The SMILES string of the molecule is Cn1nnc2c1C(COCc1ccccn1)CN(C(=O)C1CCOCC1)C2.O=C(O)C(F)(F)F. The molecule has 2 aromatic heterocycles. The lowest BCUT2D eigenvalue weighted by molar-refractivity contribution is -0.192. The third-order valence-electron chi connectivity index (χ3n) is 5.53. The number of aromatic nitrogens is 4. The third-order valence-corrected chi connectivity index (χ3v) is 5.53. The quantitative estimate of drug-likeness (QED) is 0.682. The summed E-state index contributed by atoms with van der Waals surface area (Å²) in [5, 5.41) is 15.6. The Morgan fingerprint density at radius 2 is 1.97 bits per heavy atom. The van der Waals surface area contributed by atoms with Crippen molar-refractivity contribution in [2.24, 2.45) is 13.0 Å². The molecule has 1 N–H and O–H groups in total.